The van der Waals surface area contributed by atoms with Crippen LogP contribution in [0.15, 0.2) is 72.8 Å². The Hall–Kier alpha value is -3.58. The number of allylic oxidation sites excluding steroid dienone is 1. The normalized spacial score (nSPS) is 17.3. The molecule has 1 heterocycles. The Kier molecular flexibility index (Phi) is 9.37. The van der Waals surface area contributed by atoms with Crippen molar-refractivity contribution >= 4 is 51.9 Å². The minimum absolute atomic E-state index is 0.000754. The molecule has 0 unspecified atom stereocenters. The van der Waals surface area contributed by atoms with Gasteiger partial charge in [0.05, 0.1) is 5.56 Å². The molecule has 0 saturated carbocycles. The van der Waals surface area contributed by atoms with Crippen molar-refractivity contribution in [1.29, 1.82) is 0 Å². The number of likely N-dealkylation sites (tertiary alicyclic amines) is 1. The highest BCUT2D eigenvalue weighted by Crippen LogP contribution is 2.42. The molecule has 1 amide bonds. The number of rotatable bonds is 8. The Labute approximate surface area is 257 Å². The number of fused-ring (bicyclic) bond motifs is 1. The largest absolute Gasteiger partial charge is 0.478 e. The van der Waals surface area contributed by atoms with E-state index >= 15 is 0 Å². The van der Waals surface area contributed by atoms with Gasteiger partial charge >= 0.3 is 5.97 Å². The first-order valence-corrected chi connectivity index (χ1v) is 15.0. The summed E-state index contributed by atoms with van der Waals surface area (Å²) in [5.41, 5.74) is 7.60. The van der Waals surface area contributed by atoms with Gasteiger partial charge in [0, 0.05) is 61.6 Å². The number of likely N-dealkylation sites (N-methyl/N-ethyl adjacent to an activating group) is 1. The molecule has 2 aliphatic rings. The Bertz CT molecular complexity index is 1550. The minimum atomic E-state index is -0.924. The monoisotopic (exact) mass is 603 g/mol. The molecule has 1 aliphatic carbocycles. The quantitative estimate of drug-likeness (QED) is 0.268. The second-order valence-electron chi connectivity index (χ2n) is 11.1. The fourth-order valence-electron chi connectivity index (χ4n) is 5.79. The Morgan fingerprint density at radius 1 is 1.02 bits per heavy atom. The number of hydrogen-bond donors (Lipinski definition) is 2. The van der Waals surface area contributed by atoms with Crippen LogP contribution in [0.4, 0.5) is 5.69 Å². The predicted octanol–water partition coefficient (Wildman–Crippen LogP) is 7.12. The van der Waals surface area contributed by atoms with Crippen molar-refractivity contribution in [3.8, 4) is 0 Å². The average Bonchev–Trinajstić information content (AvgIpc) is 3.31. The van der Waals surface area contributed by atoms with E-state index in [9.17, 15) is 14.7 Å². The molecule has 3 aromatic rings. The summed E-state index contributed by atoms with van der Waals surface area (Å²) < 4.78 is 0. The maximum absolute atomic E-state index is 11.8. The second-order valence-corrected chi connectivity index (χ2v) is 12.0. The molecule has 1 aliphatic heterocycles. The maximum atomic E-state index is 11.8. The van der Waals surface area contributed by atoms with Gasteiger partial charge in [-0.15, -0.1) is 0 Å². The average molecular weight is 605 g/mol. The lowest BCUT2D eigenvalue weighted by Gasteiger charge is -2.19. The Morgan fingerprint density at radius 2 is 1.79 bits per heavy atom. The lowest BCUT2D eigenvalue weighted by molar-refractivity contribution is -0.123. The Morgan fingerprint density at radius 3 is 2.50 bits per heavy atom. The molecule has 8 heteroatoms. The van der Waals surface area contributed by atoms with Gasteiger partial charge in [-0.2, -0.15) is 0 Å². The highest BCUT2D eigenvalue weighted by molar-refractivity contribution is 6.36. The molecule has 1 atom stereocenters. The van der Waals surface area contributed by atoms with Crippen LogP contribution in [0.2, 0.25) is 10.0 Å². The summed E-state index contributed by atoms with van der Waals surface area (Å²) in [6.45, 7) is 2.64. The third kappa shape index (κ3) is 6.89. The van der Waals surface area contributed by atoms with Gasteiger partial charge in [0.15, 0.2) is 0 Å². The smallest absolute Gasteiger partial charge is 0.335 e. The second kappa shape index (κ2) is 13.2. The number of halogens is 2. The van der Waals surface area contributed by atoms with E-state index in [1.807, 2.05) is 24.3 Å². The first-order chi connectivity index (χ1) is 20.2. The summed E-state index contributed by atoms with van der Waals surface area (Å²) in [6.07, 6.45) is 7.06. The molecule has 1 saturated heterocycles. The molecule has 0 radical (unpaired) electrons. The number of aromatic carboxylic acids is 1. The van der Waals surface area contributed by atoms with Gasteiger partial charge in [0.1, 0.15) is 0 Å². The molecule has 5 rings (SSSR count). The fourth-order valence-corrected chi connectivity index (χ4v) is 6.31. The molecular formula is C34H35Cl2N3O3. The van der Waals surface area contributed by atoms with Crippen molar-refractivity contribution in [2.24, 2.45) is 0 Å². The number of anilines is 1. The van der Waals surface area contributed by atoms with Crippen molar-refractivity contribution in [2.45, 2.75) is 31.7 Å². The maximum Gasteiger partial charge on any atom is 0.335 e. The van der Waals surface area contributed by atoms with Crippen LogP contribution in [0.3, 0.4) is 0 Å². The van der Waals surface area contributed by atoms with E-state index in [0.29, 0.717) is 21.7 Å². The third-order valence-corrected chi connectivity index (χ3v) is 8.48. The summed E-state index contributed by atoms with van der Waals surface area (Å²) in [4.78, 5) is 27.4. The van der Waals surface area contributed by atoms with Crippen molar-refractivity contribution < 1.29 is 14.7 Å². The summed E-state index contributed by atoms with van der Waals surface area (Å²) in [5, 5.41) is 14.5. The van der Waals surface area contributed by atoms with Gasteiger partial charge < -0.3 is 15.3 Å². The van der Waals surface area contributed by atoms with Crippen LogP contribution in [-0.4, -0.2) is 66.6 Å². The number of carboxylic acids is 1. The van der Waals surface area contributed by atoms with E-state index in [1.165, 1.54) is 0 Å². The highest BCUT2D eigenvalue weighted by Gasteiger charge is 2.24. The van der Waals surface area contributed by atoms with Crippen LogP contribution in [0.1, 0.15) is 51.9 Å². The molecule has 1 fully saturated rings. The van der Waals surface area contributed by atoms with Crippen LogP contribution >= 0.6 is 23.2 Å². The van der Waals surface area contributed by atoms with Gasteiger partial charge in [-0.25, -0.2) is 4.79 Å². The zero-order chi connectivity index (χ0) is 29.8. The number of carbonyl (C=O) groups is 2. The summed E-state index contributed by atoms with van der Waals surface area (Å²) in [6, 6.07) is 19.8. The summed E-state index contributed by atoms with van der Waals surface area (Å²) >= 11 is 13.0. The van der Waals surface area contributed by atoms with E-state index in [2.05, 4.69) is 34.5 Å². The van der Waals surface area contributed by atoms with Gasteiger partial charge in [0.2, 0.25) is 5.91 Å². The molecule has 6 nitrogen and oxygen atoms in total. The first kappa shape index (κ1) is 29.9. The number of hydrogen-bond acceptors (Lipinski definition) is 4. The summed E-state index contributed by atoms with van der Waals surface area (Å²) in [7, 11) is 3.50. The van der Waals surface area contributed by atoms with Crippen LogP contribution in [0, 0.1) is 0 Å². The molecule has 0 spiro atoms. The summed E-state index contributed by atoms with van der Waals surface area (Å²) in [5.74, 6) is -0.924. The van der Waals surface area contributed by atoms with Crippen LogP contribution < -0.4 is 5.32 Å². The lowest BCUT2D eigenvalue weighted by Crippen LogP contribution is -2.26. The lowest BCUT2D eigenvalue weighted by atomic mass is 9.87. The molecular weight excluding hydrogens is 569 g/mol. The predicted molar refractivity (Wildman–Crippen MR) is 171 cm³/mol. The van der Waals surface area contributed by atoms with Crippen molar-refractivity contribution in [2.75, 3.05) is 39.0 Å². The highest BCUT2D eigenvalue weighted by atomic mass is 35.5. The topological polar surface area (TPSA) is 72.9 Å². The van der Waals surface area contributed by atoms with E-state index in [1.54, 1.807) is 43.3 Å². The van der Waals surface area contributed by atoms with Crippen LogP contribution in [0.25, 0.3) is 11.1 Å². The molecule has 3 aromatic carbocycles. The number of nitrogens with one attached hydrogen (secondary N) is 1. The molecule has 218 valence electrons. The number of carbonyl (C=O) groups excluding carboxylic acids is 1. The number of carboxylic acid groups (broad SMARTS) is 1. The van der Waals surface area contributed by atoms with Gasteiger partial charge in [-0.1, -0.05) is 53.5 Å². The SMILES string of the molecule is CN(C)C(=O)C=CCN1CC[C@H](Nc2ccc(C3=C(c4ccc(Cl)cc4Cl)CCCc4cc(C(=O)O)ccc43)cc2)C1. The standard InChI is InChI=1S/C34H35Cl2N3O3/c1-38(2)32(40)7-4-17-39-18-16-27(21-39)37-26-12-8-22(9-13-26)33-28-14-10-24(34(41)42)19-23(28)5-3-6-30(33)29-15-11-25(35)20-31(29)36/h4,7-15,19-20,27,37H,3,5-6,16-18,21H2,1-2H3,(H,41,42)/t27-/m0/s1. The number of benzene rings is 3. The Balaban J connectivity index is 1.41. The van der Waals surface area contributed by atoms with E-state index < -0.39 is 5.97 Å². The van der Waals surface area contributed by atoms with Crippen molar-refractivity contribution in [1.82, 2.24) is 9.80 Å². The van der Waals surface area contributed by atoms with Gasteiger partial charge in [-0.3, -0.25) is 9.69 Å². The zero-order valence-electron chi connectivity index (χ0n) is 23.9. The number of amides is 1. The van der Waals surface area contributed by atoms with E-state index in [0.717, 1.165) is 84.4 Å². The van der Waals surface area contributed by atoms with Gasteiger partial charge in [-0.05, 0) is 95.5 Å². The van der Waals surface area contributed by atoms with Crippen molar-refractivity contribution in [3.63, 3.8) is 0 Å². The molecule has 0 aromatic heterocycles. The number of aryl methyl sites for hydroxylation is 1. The molecule has 42 heavy (non-hydrogen) atoms. The molecule has 0 bridgehead atoms. The third-order valence-electron chi connectivity index (χ3n) is 7.93. The van der Waals surface area contributed by atoms with Crippen LogP contribution in [-0.2, 0) is 11.2 Å². The first-order valence-electron chi connectivity index (χ1n) is 14.2. The van der Waals surface area contributed by atoms with Gasteiger partial charge in [0.25, 0.3) is 0 Å². The fraction of sp³-hybridized carbons (Fsp3) is 0.294. The van der Waals surface area contributed by atoms with E-state index in [4.69, 9.17) is 23.2 Å². The van der Waals surface area contributed by atoms with Crippen LogP contribution in [0.5, 0.6) is 0 Å². The number of nitrogens with zero attached hydrogens (tertiary/aromatic N) is 2. The zero-order valence-corrected chi connectivity index (χ0v) is 25.4. The minimum Gasteiger partial charge on any atom is -0.478 e. The van der Waals surface area contributed by atoms with E-state index in [-0.39, 0.29) is 5.91 Å². The van der Waals surface area contributed by atoms with Crippen molar-refractivity contribution in [3.05, 3.63) is 111 Å². The molecule has 2 N–H and O–H groups in total.